The summed E-state index contributed by atoms with van der Waals surface area (Å²) < 4.78 is 5.13. The Morgan fingerprint density at radius 1 is 1.00 bits per heavy atom. The number of rotatable bonds is 6. The van der Waals surface area contributed by atoms with Gasteiger partial charge in [-0.2, -0.15) is 0 Å². The lowest BCUT2D eigenvalue weighted by Crippen LogP contribution is -2.13. The summed E-state index contributed by atoms with van der Waals surface area (Å²) in [6.45, 7) is 5.65. The molecule has 0 atom stereocenters. The maximum Gasteiger partial charge on any atom is 0.338 e. The van der Waals surface area contributed by atoms with Gasteiger partial charge in [-0.15, -0.1) is 0 Å². The van der Waals surface area contributed by atoms with Crippen LogP contribution in [0.2, 0.25) is 0 Å². The molecule has 0 radical (unpaired) electrons. The van der Waals surface area contributed by atoms with Gasteiger partial charge in [0.25, 0.3) is 0 Å². The fourth-order valence-corrected chi connectivity index (χ4v) is 2.21. The number of nitrogens with one attached hydrogen (secondary N) is 1. The van der Waals surface area contributed by atoms with Crippen LogP contribution in [0.15, 0.2) is 48.5 Å². The molecule has 2 rings (SSSR count). The van der Waals surface area contributed by atoms with Gasteiger partial charge in [-0.05, 0) is 57.0 Å². The first-order valence-corrected chi connectivity index (χ1v) is 8.10. The van der Waals surface area contributed by atoms with E-state index < -0.39 is 0 Å². The summed E-state index contributed by atoms with van der Waals surface area (Å²) in [6, 6.07) is 14.9. The molecule has 1 amide bonds. The van der Waals surface area contributed by atoms with E-state index in [9.17, 15) is 9.59 Å². The zero-order valence-corrected chi connectivity index (χ0v) is 14.3. The average molecular weight is 325 g/mol. The Bertz CT molecular complexity index is 688. The zero-order valence-electron chi connectivity index (χ0n) is 14.3. The van der Waals surface area contributed by atoms with E-state index in [2.05, 4.69) is 5.32 Å². The fourth-order valence-electron chi connectivity index (χ4n) is 2.21. The highest BCUT2D eigenvalue weighted by Gasteiger charge is 2.09. The molecule has 4 heteroatoms. The van der Waals surface area contributed by atoms with E-state index in [0.29, 0.717) is 24.1 Å². The molecule has 24 heavy (non-hydrogen) atoms. The van der Waals surface area contributed by atoms with Crippen LogP contribution in [0.25, 0.3) is 0 Å². The Morgan fingerprint density at radius 2 is 1.62 bits per heavy atom. The number of amides is 1. The normalized spacial score (nSPS) is 10.5. The molecule has 0 aliphatic carbocycles. The molecular weight excluding hydrogens is 302 g/mol. The van der Waals surface area contributed by atoms with Gasteiger partial charge in [0.1, 0.15) is 0 Å². The lowest BCUT2D eigenvalue weighted by Gasteiger charge is -2.09. The third kappa shape index (κ3) is 5.54. The first-order valence-electron chi connectivity index (χ1n) is 8.10. The smallest absolute Gasteiger partial charge is 0.338 e. The lowest BCUT2D eigenvalue weighted by molar-refractivity contribution is -0.116. The Balaban J connectivity index is 1.85. The van der Waals surface area contributed by atoms with Crippen molar-refractivity contribution in [3.63, 3.8) is 0 Å². The lowest BCUT2D eigenvalue weighted by atomic mass is 10.1. The Labute approximate surface area is 142 Å². The van der Waals surface area contributed by atoms with Gasteiger partial charge in [0.15, 0.2) is 0 Å². The van der Waals surface area contributed by atoms with Crippen molar-refractivity contribution < 1.29 is 14.3 Å². The van der Waals surface area contributed by atoms with E-state index in [1.807, 2.05) is 31.2 Å². The molecule has 0 unspecified atom stereocenters. The largest absolute Gasteiger partial charge is 0.459 e. The monoisotopic (exact) mass is 325 g/mol. The van der Waals surface area contributed by atoms with Gasteiger partial charge >= 0.3 is 5.97 Å². The van der Waals surface area contributed by atoms with E-state index in [0.717, 1.165) is 5.56 Å². The second-order valence-corrected chi connectivity index (χ2v) is 6.07. The summed E-state index contributed by atoms with van der Waals surface area (Å²) in [6.07, 6.45) is 0.962. The molecule has 0 bridgehead atoms. The van der Waals surface area contributed by atoms with E-state index >= 15 is 0 Å². The molecular formula is C20H23NO3. The van der Waals surface area contributed by atoms with Crippen LogP contribution in [0, 0.1) is 6.92 Å². The number of carbonyl (C=O) groups is 2. The van der Waals surface area contributed by atoms with Crippen LogP contribution in [0.4, 0.5) is 5.69 Å². The van der Waals surface area contributed by atoms with Crippen LogP contribution in [0.1, 0.15) is 41.8 Å². The molecule has 126 valence electrons. The van der Waals surface area contributed by atoms with Crippen LogP contribution in [0.5, 0.6) is 0 Å². The third-order valence-electron chi connectivity index (χ3n) is 3.51. The number of hydrogen-bond acceptors (Lipinski definition) is 3. The van der Waals surface area contributed by atoms with Gasteiger partial charge < -0.3 is 10.1 Å². The highest BCUT2D eigenvalue weighted by atomic mass is 16.5. The summed E-state index contributed by atoms with van der Waals surface area (Å²) in [7, 11) is 0. The molecule has 0 heterocycles. The number of carbonyl (C=O) groups excluding carboxylic acids is 2. The van der Waals surface area contributed by atoms with Crippen molar-refractivity contribution in [1.82, 2.24) is 0 Å². The molecule has 0 aromatic heterocycles. The SMILES string of the molecule is Cc1ccc(CCC(=O)Nc2ccc(C(=O)OC(C)C)cc2)cc1. The maximum atomic E-state index is 12.0. The van der Waals surface area contributed by atoms with Gasteiger partial charge in [-0.25, -0.2) is 4.79 Å². The number of esters is 1. The van der Waals surface area contributed by atoms with Crippen molar-refractivity contribution in [2.24, 2.45) is 0 Å². The van der Waals surface area contributed by atoms with Crippen LogP contribution < -0.4 is 5.32 Å². The Morgan fingerprint density at radius 3 is 2.21 bits per heavy atom. The third-order valence-corrected chi connectivity index (χ3v) is 3.51. The topological polar surface area (TPSA) is 55.4 Å². The van der Waals surface area contributed by atoms with Gasteiger partial charge in [-0.1, -0.05) is 29.8 Å². The van der Waals surface area contributed by atoms with Gasteiger partial charge in [-0.3, -0.25) is 4.79 Å². The fraction of sp³-hybridized carbons (Fsp3) is 0.300. The molecule has 4 nitrogen and oxygen atoms in total. The molecule has 0 spiro atoms. The quantitative estimate of drug-likeness (QED) is 0.812. The minimum atomic E-state index is -0.359. The van der Waals surface area contributed by atoms with Crippen LogP contribution >= 0.6 is 0 Å². The van der Waals surface area contributed by atoms with Gasteiger partial charge in [0.05, 0.1) is 11.7 Å². The van der Waals surface area contributed by atoms with E-state index in [1.54, 1.807) is 38.1 Å². The van der Waals surface area contributed by atoms with Gasteiger partial charge in [0.2, 0.25) is 5.91 Å². The second kappa shape index (κ2) is 8.29. The van der Waals surface area contributed by atoms with Crippen LogP contribution in [-0.2, 0) is 16.0 Å². The van der Waals surface area contributed by atoms with Crippen molar-refractivity contribution in [3.8, 4) is 0 Å². The minimum absolute atomic E-state index is 0.0481. The molecule has 1 N–H and O–H groups in total. The molecule has 0 aliphatic rings. The first-order chi connectivity index (χ1) is 11.4. The highest BCUT2D eigenvalue weighted by Crippen LogP contribution is 2.12. The summed E-state index contributed by atoms with van der Waals surface area (Å²) in [5.74, 6) is -0.407. The van der Waals surface area contributed by atoms with Crippen molar-refractivity contribution in [2.75, 3.05) is 5.32 Å². The predicted octanol–water partition coefficient (Wildman–Crippen LogP) is 4.13. The highest BCUT2D eigenvalue weighted by molar-refractivity contribution is 5.93. The average Bonchev–Trinajstić information content (AvgIpc) is 2.54. The van der Waals surface area contributed by atoms with Gasteiger partial charge in [0, 0.05) is 12.1 Å². The number of benzene rings is 2. The van der Waals surface area contributed by atoms with E-state index in [-0.39, 0.29) is 18.0 Å². The van der Waals surface area contributed by atoms with Crippen LogP contribution in [0.3, 0.4) is 0 Å². The van der Waals surface area contributed by atoms with Crippen molar-refractivity contribution in [2.45, 2.75) is 39.7 Å². The molecule has 0 aliphatic heterocycles. The zero-order chi connectivity index (χ0) is 17.5. The van der Waals surface area contributed by atoms with E-state index in [1.165, 1.54) is 5.56 Å². The standard InChI is InChI=1S/C20H23NO3/c1-14(2)24-20(23)17-9-11-18(12-10-17)21-19(22)13-8-16-6-4-15(3)5-7-16/h4-7,9-12,14H,8,13H2,1-3H3,(H,21,22). The van der Waals surface area contributed by atoms with E-state index in [4.69, 9.17) is 4.74 Å². The summed E-state index contributed by atoms with van der Waals surface area (Å²) >= 11 is 0. The Hall–Kier alpha value is -2.62. The van der Waals surface area contributed by atoms with Crippen molar-refractivity contribution in [1.29, 1.82) is 0 Å². The summed E-state index contributed by atoms with van der Waals surface area (Å²) in [5.41, 5.74) is 3.49. The molecule has 2 aromatic rings. The minimum Gasteiger partial charge on any atom is -0.459 e. The maximum absolute atomic E-state index is 12.0. The van der Waals surface area contributed by atoms with Crippen molar-refractivity contribution >= 4 is 17.6 Å². The van der Waals surface area contributed by atoms with Crippen molar-refractivity contribution in [3.05, 3.63) is 65.2 Å². The molecule has 2 aromatic carbocycles. The molecule has 0 fully saturated rings. The number of anilines is 1. The number of ether oxygens (including phenoxy) is 1. The number of hydrogen-bond donors (Lipinski definition) is 1. The predicted molar refractivity (Wildman–Crippen MR) is 95.1 cm³/mol. The summed E-state index contributed by atoms with van der Waals surface area (Å²) in [4.78, 5) is 23.8. The summed E-state index contributed by atoms with van der Waals surface area (Å²) in [5, 5.41) is 2.84. The molecule has 0 saturated heterocycles. The van der Waals surface area contributed by atoms with Crippen LogP contribution in [-0.4, -0.2) is 18.0 Å². The number of aryl methyl sites for hydroxylation is 2. The first kappa shape index (κ1) is 17.7. The second-order valence-electron chi connectivity index (χ2n) is 6.07. The molecule has 0 saturated carbocycles. The Kier molecular flexibility index (Phi) is 6.13.